The van der Waals surface area contributed by atoms with E-state index in [1.165, 1.54) is 16.3 Å². The van der Waals surface area contributed by atoms with Crippen LogP contribution in [0.2, 0.25) is 0 Å². The lowest BCUT2D eigenvalue weighted by molar-refractivity contribution is -0.141. The first-order valence-electron chi connectivity index (χ1n) is 12.1. The SMILES string of the molecule is CCCCNC(=O)[C@@H](CC)N(Cc1ccc(C)cc1)C(=O)CCc1cccc2ccccc12. The van der Waals surface area contributed by atoms with Crippen LogP contribution in [0.25, 0.3) is 10.8 Å². The molecule has 0 heterocycles. The van der Waals surface area contributed by atoms with Gasteiger partial charge in [-0.25, -0.2) is 0 Å². The van der Waals surface area contributed by atoms with Crippen LogP contribution in [0.1, 0.15) is 56.2 Å². The largest absolute Gasteiger partial charge is 0.354 e. The molecule has 3 rings (SSSR count). The summed E-state index contributed by atoms with van der Waals surface area (Å²) in [6, 6.07) is 22.2. The third kappa shape index (κ3) is 6.67. The van der Waals surface area contributed by atoms with Gasteiger partial charge in [0.25, 0.3) is 0 Å². The molecule has 0 saturated heterocycles. The van der Waals surface area contributed by atoms with Crippen molar-refractivity contribution in [3.63, 3.8) is 0 Å². The summed E-state index contributed by atoms with van der Waals surface area (Å²) >= 11 is 0. The second kappa shape index (κ2) is 12.2. The zero-order chi connectivity index (χ0) is 23.6. The van der Waals surface area contributed by atoms with E-state index in [2.05, 4.69) is 48.6 Å². The highest BCUT2D eigenvalue weighted by molar-refractivity contribution is 5.89. The number of amides is 2. The monoisotopic (exact) mass is 444 g/mol. The number of fused-ring (bicyclic) bond motifs is 1. The summed E-state index contributed by atoms with van der Waals surface area (Å²) < 4.78 is 0. The number of rotatable bonds is 11. The number of nitrogens with one attached hydrogen (secondary N) is 1. The Morgan fingerprint density at radius 2 is 1.67 bits per heavy atom. The van der Waals surface area contributed by atoms with Crippen LogP contribution in [0.4, 0.5) is 0 Å². The molecule has 3 aromatic carbocycles. The average Bonchev–Trinajstić information content (AvgIpc) is 2.83. The maximum atomic E-state index is 13.5. The minimum Gasteiger partial charge on any atom is -0.354 e. The Labute approximate surface area is 198 Å². The number of hydrogen-bond donors (Lipinski definition) is 1. The number of benzene rings is 3. The molecule has 3 aromatic rings. The van der Waals surface area contributed by atoms with Gasteiger partial charge in [-0.3, -0.25) is 9.59 Å². The minimum atomic E-state index is -0.469. The Hall–Kier alpha value is -3.14. The predicted octanol–water partition coefficient (Wildman–Crippen LogP) is 5.80. The third-order valence-corrected chi connectivity index (χ3v) is 6.18. The molecule has 0 unspecified atom stereocenters. The molecule has 1 N–H and O–H groups in total. The average molecular weight is 445 g/mol. The van der Waals surface area contributed by atoms with Gasteiger partial charge < -0.3 is 10.2 Å². The Bertz CT molecular complexity index is 1050. The van der Waals surface area contributed by atoms with E-state index in [0.29, 0.717) is 32.4 Å². The molecule has 0 aliphatic rings. The van der Waals surface area contributed by atoms with E-state index in [1.807, 2.05) is 44.2 Å². The Balaban J connectivity index is 1.79. The fraction of sp³-hybridized carbons (Fsp3) is 0.379. The lowest BCUT2D eigenvalue weighted by atomic mass is 10.00. The molecular weight excluding hydrogens is 408 g/mol. The van der Waals surface area contributed by atoms with Gasteiger partial charge in [0.2, 0.25) is 11.8 Å². The fourth-order valence-corrected chi connectivity index (χ4v) is 4.21. The van der Waals surface area contributed by atoms with E-state index >= 15 is 0 Å². The Morgan fingerprint density at radius 1 is 0.939 bits per heavy atom. The topological polar surface area (TPSA) is 49.4 Å². The predicted molar refractivity (Wildman–Crippen MR) is 136 cm³/mol. The van der Waals surface area contributed by atoms with Crippen molar-refractivity contribution >= 4 is 22.6 Å². The lowest BCUT2D eigenvalue weighted by Gasteiger charge is -2.31. The maximum absolute atomic E-state index is 13.5. The van der Waals surface area contributed by atoms with Crippen LogP contribution < -0.4 is 5.32 Å². The first-order chi connectivity index (χ1) is 16.0. The van der Waals surface area contributed by atoms with Gasteiger partial charge in [0.1, 0.15) is 6.04 Å². The van der Waals surface area contributed by atoms with Crippen molar-refractivity contribution in [2.75, 3.05) is 6.54 Å². The normalized spacial score (nSPS) is 11.8. The van der Waals surface area contributed by atoms with Crippen LogP contribution in [-0.2, 0) is 22.6 Å². The van der Waals surface area contributed by atoms with Crippen molar-refractivity contribution in [2.24, 2.45) is 0 Å². The summed E-state index contributed by atoms with van der Waals surface area (Å²) in [5, 5.41) is 5.39. The number of unbranched alkanes of at least 4 members (excludes halogenated alkanes) is 1. The molecule has 0 radical (unpaired) electrons. The molecule has 33 heavy (non-hydrogen) atoms. The van der Waals surface area contributed by atoms with E-state index in [1.54, 1.807) is 4.90 Å². The van der Waals surface area contributed by atoms with Gasteiger partial charge in [0, 0.05) is 19.5 Å². The Morgan fingerprint density at radius 3 is 2.39 bits per heavy atom. The summed E-state index contributed by atoms with van der Waals surface area (Å²) in [6.45, 7) is 7.21. The molecule has 0 spiro atoms. The maximum Gasteiger partial charge on any atom is 0.242 e. The number of aryl methyl sites for hydroxylation is 2. The number of carbonyl (C=O) groups excluding carboxylic acids is 2. The van der Waals surface area contributed by atoms with Gasteiger partial charge in [0.15, 0.2) is 0 Å². The first-order valence-corrected chi connectivity index (χ1v) is 12.1. The second-order valence-corrected chi connectivity index (χ2v) is 8.71. The molecule has 0 saturated carbocycles. The molecule has 0 aliphatic heterocycles. The molecule has 174 valence electrons. The highest BCUT2D eigenvalue weighted by Gasteiger charge is 2.28. The van der Waals surface area contributed by atoms with E-state index < -0.39 is 6.04 Å². The minimum absolute atomic E-state index is 0.0148. The molecule has 0 bridgehead atoms. The van der Waals surface area contributed by atoms with Gasteiger partial charge in [0.05, 0.1) is 0 Å². The second-order valence-electron chi connectivity index (χ2n) is 8.71. The van der Waals surface area contributed by atoms with Crippen molar-refractivity contribution < 1.29 is 9.59 Å². The van der Waals surface area contributed by atoms with Crippen LogP contribution in [0.3, 0.4) is 0 Å². The molecule has 1 atom stereocenters. The van der Waals surface area contributed by atoms with Gasteiger partial charge in [-0.1, -0.05) is 92.6 Å². The van der Waals surface area contributed by atoms with Crippen LogP contribution in [-0.4, -0.2) is 29.3 Å². The van der Waals surface area contributed by atoms with Gasteiger partial charge >= 0.3 is 0 Å². The summed E-state index contributed by atoms with van der Waals surface area (Å²) in [5.41, 5.74) is 3.38. The molecular formula is C29H36N2O2. The fourth-order valence-electron chi connectivity index (χ4n) is 4.21. The highest BCUT2D eigenvalue weighted by Crippen LogP contribution is 2.21. The zero-order valence-corrected chi connectivity index (χ0v) is 20.1. The van der Waals surface area contributed by atoms with Gasteiger partial charge in [-0.2, -0.15) is 0 Å². The lowest BCUT2D eigenvalue weighted by Crippen LogP contribution is -2.49. The van der Waals surface area contributed by atoms with E-state index in [0.717, 1.165) is 24.0 Å². The molecule has 4 nitrogen and oxygen atoms in total. The van der Waals surface area contributed by atoms with Crippen molar-refractivity contribution in [1.29, 1.82) is 0 Å². The molecule has 0 aliphatic carbocycles. The van der Waals surface area contributed by atoms with Crippen LogP contribution in [0.15, 0.2) is 66.7 Å². The quantitative estimate of drug-likeness (QED) is 0.380. The van der Waals surface area contributed by atoms with Crippen molar-refractivity contribution in [3.05, 3.63) is 83.4 Å². The summed E-state index contributed by atoms with van der Waals surface area (Å²) in [5.74, 6) is -0.0439. The summed E-state index contributed by atoms with van der Waals surface area (Å²) in [4.78, 5) is 28.3. The number of carbonyl (C=O) groups is 2. The smallest absolute Gasteiger partial charge is 0.242 e. The van der Waals surface area contributed by atoms with E-state index in [9.17, 15) is 9.59 Å². The van der Waals surface area contributed by atoms with Crippen molar-refractivity contribution in [2.45, 2.75) is 65.5 Å². The highest BCUT2D eigenvalue weighted by atomic mass is 16.2. The van der Waals surface area contributed by atoms with Crippen LogP contribution in [0, 0.1) is 6.92 Å². The standard InChI is InChI=1S/C29H36N2O2/c1-4-6-20-30-29(33)27(5-2)31(21-23-16-14-22(3)15-17-23)28(32)19-18-25-12-9-11-24-10-7-8-13-26(24)25/h7-17,27H,4-6,18-21H2,1-3H3,(H,30,33)/t27-/m1/s1. The molecule has 2 amide bonds. The first kappa shape index (κ1) is 24.5. The molecule has 0 fully saturated rings. The summed E-state index contributed by atoms with van der Waals surface area (Å²) in [7, 11) is 0. The number of hydrogen-bond acceptors (Lipinski definition) is 2. The van der Waals surface area contributed by atoms with Crippen LogP contribution >= 0.6 is 0 Å². The molecule has 0 aromatic heterocycles. The summed E-state index contributed by atoms with van der Waals surface area (Å²) in [6.07, 6.45) is 3.57. The van der Waals surface area contributed by atoms with Crippen molar-refractivity contribution in [1.82, 2.24) is 10.2 Å². The van der Waals surface area contributed by atoms with Gasteiger partial charge in [-0.15, -0.1) is 0 Å². The zero-order valence-electron chi connectivity index (χ0n) is 20.1. The number of nitrogens with zero attached hydrogens (tertiary/aromatic N) is 1. The Kier molecular flexibility index (Phi) is 9.05. The van der Waals surface area contributed by atoms with Crippen LogP contribution in [0.5, 0.6) is 0 Å². The third-order valence-electron chi connectivity index (χ3n) is 6.18. The van der Waals surface area contributed by atoms with Crippen molar-refractivity contribution in [3.8, 4) is 0 Å². The molecule has 4 heteroatoms. The van der Waals surface area contributed by atoms with E-state index in [4.69, 9.17) is 0 Å². The van der Waals surface area contributed by atoms with E-state index in [-0.39, 0.29) is 11.8 Å². The van der Waals surface area contributed by atoms with Gasteiger partial charge in [-0.05, 0) is 48.1 Å².